The van der Waals surface area contributed by atoms with Crippen LogP contribution in [0.1, 0.15) is 36.6 Å². The first-order chi connectivity index (χ1) is 17.5. The number of halogens is 1. The zero-order chi connectivity index (χ0) is 25.1. The van der Waals surface area contributed by atoms with Crippen LogP contribution in [0.2, 0.25) is 0 Å². The molecule has 0 radical (unpaired) electrons. The lowest BCUT2D eigenvalue weighted by Gasteiger charge is -2.26. The van der Waals surface area contributed by atoms with E-state index in [1.165, 1.54) is 18.4 Å². The maximum Gasteiger partial charge on any atom is 0.287 e. The predicted octanol–water partition coefficient (Wildman–Crippen LogP) is 6.34. The highest BCUT2D eigenvalue weighted by molar-refractivity contribution is 5.91. The summed E-state index contributed by atoms with van der Waals surface area (Å²) in [4.78, 5) is 12.6. The molecule has 190 valence electrons. The second-order valence-corrected chi connectivity index (χ2v) is 8.31. The van der Waals surface area contributed by atoms with Crippen molar-refractivity contribution in [3.8, 4) is 17.2 Å². The fourth-order valence-corrected chi connectivity index (χ4v) is 4.06. The van der Waals surface area contributed by atoms with Crippen LogP contribution < -0.4 is 14.8 Å². The van der Waals surface area contributed by atoms with E-state index in [2.05, 4.69) is 10.4 Å². The van der Waals surface area contributed by atoms with Gasteiger partial charge in [-0.3, -0.25) is 4.79 Å². The molecule has 5 aromatic rings. The van der Waals surface area contributed by atoms with Crippen molar-refractivity contribution in [2.24, 2.45) is 0 Å². The highest BCUT2D eigenvalue weighted by Crippen LogP contribution is 2.30. The molecule has 8 heteroatoms. The maximum absolute atomic E-state index is 13.3. The Bertz CT molecular complexity index is 1480. The molecular formula is C29H28FN3O4. The van der Waals surface area contributed by atoms with Gasteiger partial charge in [0.25, 0.3) is 5.91 Å². The monoisotopic (exact) mass is 501 g/mol. The van der Waals surface area contributed by atoms with Crippen molar-refractivity contribution >= 4 is 16.8 Å². The van der Waals surface area contributed by atoms with Crippen molar-refractivity contribution < 1.29 is 23.1 Å². The average Bonchev–Trinajstić information content (AvgIpc) is 3.58. The molecule has 0 saturated carbocycles. The Morgan fingerprint density at radius 1 is 1.03 bits per heavy atom. The number of ether oxygens (including phenoxy) is 2. The zero-order valence-corrected chi connectivity index (χ0v) is 19.7. The van der Waals surface area contributed by atoms with E-state index in [9.17, 15) is 9.18 Å². The van der Waals surface area contributed by atoms with Crippen LogP contribution >= 0.6 is 0 Å². The van der Waals surface area contributed by atoms with Gasteiger partial charge in [-0.25, -0.2) is 9.07 Å². The molecule has 0 bridgehead atoms. The Morgan fingerprint density at radius 2 is 1.84 bits per heavy atom. The number of carbonyl (C=O) groups is 1. The second kappa shape index (κ2) is 11.0. The van der Waals surface area contributed by atoms with Gasteiger partial charge < -0.3 is 19.2 Å². The summed E-state index contributed by atoms with van der Waals surface area (Å²) in [6, 6.07) is 22.2. The average molecular weight is 502 g/mol. The van der Waals surface area contributed by atoms with E-state index in [-0.39, 0.29) is 24.9 Å². The molecule has 3 aromatic carbocycles. The van der Waals surface area contributed by atoms with E-state index in [0.717, 1.165) is 22.2 Å². The van der Waals surface area contributed by atoms with Gasteiger partial charge in [0, 0.05) is 5.39 Å². The lowest BCUT2D eigenvalue weighted by Crippen LogP contribution is -2.39. The van der Waals surface area contributed by atoms with Gasteiger partial charge in [-0.15, -0.1) is 0 Å². The predicted molar refractivity (Wildman–Crippen MR) is 140 cm³/mol. The summed E-state index contributed by atoms with van der Waals surface area (Å²) in [6.07, 6.45) is 2.66. The number of hydrogen-bond acceptors (Lipinski definition) is 5. The first kappa shape index (κ1) is 25.5. The molecular weight excluding hydrogens is 473 g/mol. The number of nitrogens with zero attached hydrogens (tertiary/aromatic N) is 2. The Labute approximate surface area is 214 Å². The van der Waals surface area contributed by atoms with Crippen LogP contribution in [0.15, 0.2) is 95.7 Å². The second-order valence-electron chi connectivity index (χ2n) is 8.31. The van der Waals surface area contributed by atoms with Crippen LogP contribution in [-0.4, -0.2) is 28.8 Å². The number of carbonyl (C=O) groups excluding carboxylic acids is 1. The van der Waals surface area contributed by atoms with E-state index >= 15 is 0 Å². The third-order valence-corrected chi connectivity index (χ3v) is 5.85. The number of hydrogen-bond donors (Lipinski definition) is 1. The van der Waals surface area contributed by atoms with Crippen LogP contribution in [0.4, 0.5) is 4.39 Å². The number of aromatic nitrogens is 2. The maximum atomic E-state index is 13.3. The van der Waals surface area contributed by atoms with E-state index in [4.69, 9.17) is 13.9 Å². The lowest BCUT2D eigenvalue weighted by molar-refractivity contribution is 0.0854. The minimum absolute atomic E-state index is 0. The van der Waals surface area contributed by atoms with Crippen LogP contribution in [0.3, 0.4) is 0 Å². The summed E-state index contributed by atoms with van der Waals surface area (Å²) >= 11 is 0. The highest BCUT2D eigenvalue weighted by atomic mass is 19.1. The van der Waals surface area contributed by atoms with Crippen molar-refractivity contribution in [2.45, 2.75) is 26.5 Å². The fourth-order valence-electron chi connectivity index (χ4n) is 4.06. The lowest BCUT2D eigenvalue weighted by atomic mass is 10.0. The van der Waals surface area contributed by atoms with Gasteiger partial charge in [-0.2, -0.15) is 5.10 Å². The molecule has 37 heavy (non-hydrogen) atoms. The van der Waals surface area contributed by atoms with Crippen molar-refractivity contribution in [1.29, 1.82) is 0 Å². The molecule has 2 atom stereocenters. The molecule has 5 rings (SSSR count). The van der Waals surface area contributed by atoms with Crippen molar-refractivity contribution in [1.82, 2.24) is 15.1 Å². The molecule has 0 aliphatic carbocycles. The van der Waals surface area contributed by atoms with E-state index < -0.39 is 12.1 Å². The zero-order valence-electron chi connectivity index (χ0n) is 19.7. The normalized spacial score (nSPS) is 12.4. The third-order valence-electron chi connectivity index (χ3n) is 5.85. The minimum atomic E-state index is -0.524. The number of amides is 1. The van der Waals surface area contributed by atoms with Crippen LogP contribution in [0.25, 0.3) is 16.6 Å². The van der Waals surface area contributed by atoms with Gasteiger partial charge in [0.15, 0.2) is 5.76 Å². The standard InChI is InChI=1S/C28H24FN3O4.CH4/c1-18(31-28(33)26-7-4-14-35-26)27(19-5-3-6-23(15-19)34-2)36-24-12-13-25-20(16-24)17-30-32(25)22-10-8-21(29)9-11-22;/h3-18,27H,1-2H3,(H,31,33);1H4/t18-,27-;/m0./s1. The molecule has 7 nitrogen and oxygen atoms in total. The van der Waals surface area contributed by atoms with E-state index in [0.29, 0.717) is 11.5 Å². The minimum Gasteiger partial charge on any atom is -0.497 e. The molecule has 1 N–H and O–H groups in total. The number of nitrogens with one attached hydrogen (secondary N) is 1. The van der Waals surface area contributed by atoms with Crippen LogP contribution in [0, 0.1) is 5.82 Å². The molecule has 0 aliphatic heterocycles. The fraction of sp³-hybridized carbons (Fsp3) is 0.172. The van der Waals surface area contributed by atoms with Crippen molar-refractivity contribution in [3.63, 3.8) is 0 Å². The summed E-state index contributed by atoms with van der Waals surface area (Å²) in [5, 5.41) is 8.27. The number of fused-ring (bicyclic) bond motifs is 1. The summed E-state index contributed by atoms with van der Waals surface area (Å²) in [5.41, 5.74) is 2.44. The number of methoxy groups -OCH3 is 1. The summed E-state index contributed by atoms with van der Waals surface area (Å²) in [7, 11) is 1.60. The molecule has 0 unspecified atom stereocenters. The van der Waals surface area contributed by atoms with Crippen LogP contribution in [-0.2, 0) is 0 Å². The number of furan rings is 1. The number of benzene rings is 3. The van der Waals surface area contributed by atoms with Gasteiger partial charge in [0.2, 0.25) is 0 Å². The van der Waals surface area contributed by atoms with E-state index in [1.54, 1.807) is 42.3 Å². The Hall–Kier alpha value is -4.59. The highest BCUT2D eigenvalue weighted by Gasteiger charge is 2.25. The van der Waals surface area contributed by atoms with Gasteiger partial charge in [-0.05, 0) is 79.2 Å². The summed E-state index contributed by atoms with van der Waals surface area (Å²) in [6.45, 7) is 1.87. The largest absolute Gasteiger partial charge is 0.497 e. The molecule has 0 saturated heterocycles. The quantitative estimate of drug-likeness (QED) is 0.268. The topological polar surface area (TPSA) is 78.5 Å². The SMILES string of the molecule is C.COc1cccc([C@@H](Oc2ccc3c(cnn3-c3ccc(F)cc3)c2)[C@H](C)NC(=O)c2ccco2)c1. The Balaban J connectivity index is 0.00000320. The molecule has 2 aromatic heterocycles. The first-order valence-electron chi connectivity index (χ1n) is 11.4. The first-order valence-corrected chi connectivity index (χ1v) is 11.4. The van der Waals surface area contributed by atoms with Crippen LogP contribution in [0.5, 0.6) is 11.5 Å². The molecule has 2 heterocycles. The molecule has 0 fully saturated rings. The van der Waals surface area contributed by atoms with Gasteiger partial charge in [-0.1, -0.05) is 19.6 Å². The molecule has 0 spiro atoms. The van der Waals surface area contributed by atoms with Gasteiger partial charge in [0.1, 0.15) is 23.4 Å². The molecule has 1 amide bonds. The number of rotatable bonds is 8. The summed E-state index contributed by atoms with van der Waals surface area (Å²) < 4.78 is 32.1. The van der Waals surface area contributed by atoms with Gasteiger partial charge >= 0.3 is 0 Å². The van der Waals surface area contributed by atoms with Crippen molar-refractivity contribution in [2.75, 3.05) is 7.11 Å². The smallest absolute Gasteiger partial charge is 0.287 e. The van der Waals surface area contributed by atoms with Crippen molar-refractivity contribution in [3.05, 3.63) is 108 Å². The Kier molecular flexibility index (Phi) is 7.57. The van der Waals surface area contributed by atoms with Gasteiger partial charge in [0.05, 0.1) is 36.8 Å². The van der Waals surface area contributed by atoms with E-state index in [1.807, 2.05) is 49.4 Å². The third kappa shape index (κ3) is 5.48. The summed E-state index contributed by atoms with van der Waals surface area (Å²) in [5.74, 6) is 0.874. The Morgan fingerprint density at radius 3 is 2.57 bits per heavy atom. The molecule has 0 aliphatic rings.